The number of nitrogens with one attached hydrogen (secondary N) is 1. The SMILES string of the molecule is CCN(CC)C(=O)c1cccc(NC(=O)CN2CC=C(c3ccc(O)cc3)CC2)c1. The van der Waals surface area contributed by atoms with E-state index < -0.39 is 0 Å². The summed E-state index contributed by atoms with van der Waals surface area (Å²) in [7, 11) is 0. The van der Waals surface area contributed by atoms with Crippen LogP contribution >= 0.6 is 0 Å². The van der Waals surface area contributed by atoms with Gasteiger partial charge in [0.2, 0.25) is 5.91 Å². The molecule has 0 radical (unpaired) electrons. The molecule has 6 heteroatoms. The van der Waals surface area contributed by atoms with E-state index >= 15 is 0 Å². The van der Waals surface area contributed by atoms with Gasteiger partial charge in [-0.15, -0.1) is 0 Å². The van der Waals surface area contributed by atoms with Crippen LogP contribution in [0.2, 0.25) is 0 Å². The number of aromatic hydroxyl groups is 1. The Morgan fingerprint density at radius 2 is 1.83 bits per heavy atom. The Bertz CT molecular complexity index is 918. The lowest BCUT2D eigenvalue weighted by molar-refractivity contribution is -0.117. The lowest BCUT2D eigenvalue weighted by Crippen LogP contribution is -2.36. The van der Waals surface area contributed by atoms with Crippen molar-refractivity contribution in [2.75, 3.05) is 38.0 Å². The molecule has 0 saturated carbocycles. The number of rotatable bonds is 7. The second kappa shape index (κ2) is 10.1. The van der Waals surface area contributed by atoms with Crippen LogP contribution in [-0.2, 0) is 4.79 Å². The maximum absolute atomic E-state index is 12.5. The predicted octanol–water partition coefficient (Wildman–Crippen LogP) is 3.60. The third kappa shape index (κ3) is 5.48. The van der Waals surface area contributed by atoms with Crippen LogP contribution in [0.15, 0.2) is 54.6 Å². The van der Waals surface area contributed by atoms with Gasteiger partial charge in [0.25, 0.3) is 5.91 Å². The van der Waals surface area contributed by atoms with E-state index in [9.17, 15) is 14.7 Å². The lowest BCUT2D eigenvalue weighted by atomic mass is 9.99. The van der Waals surface area contributed by atoms with Crippen LogP contribution < -0.4 is 5.32 Å². The van der Waals surface area contributed by atoms with Crippen molar-refractivity contribution >= 4 is 23.1 Å². The number of amides is 2. The van der Waals surface area contributed by atoms with Gasteiger partial charge in [-0.3, -0.25) is 14.5 Å². The lowest BCUT2D eigenvalue weighted by Gasteiger charge is -2.26. The van der Waals surface area contributed by atoms with E-state index in [2.05, 4.69) is 16.3 Å². The minimum absolute atomic E-state index is 0.0287. The summed E-state index contributed by atoms with van der Waals surface area (Å²) in [6.45, 7) is 7.00. The first-order chi connectivity index (χ1) is 14.5. The molecule has 30 heavy (non-hydrogen) atoms. The number of benzene rings is 2. The monoisotopic (exact) mass is 407 g/mol. The highest BCUT2D eigenvalue weighted by atomic mass is 16.3. The molecule has 3 rings (SSSR count). The van der Waals surface area contributed by atoms with Crippen molar-refractivity contribution in [1.82, 2.24) is 9.80 Å². The first kappa shape index (κ1) is 21.6. The van der Waals surface area contributed by atoms with Crippen molar-refractivity contribution in [3.05, 3.63) is 65.7 Å². The van der Waals surface area contributed by atoms with Crippen molar-refractivity contribution in [2.45, 2.75) is 20.3 Å². The number of anilines is 1. The number of phenolic OH excluding ortho intramolecular Hbond substituents is 1. The van der Waals surface area contributed by atoms with Gasteiger partial charge < -0.3 is 15.3 Å². The number of hydrogen-bond acceptors (Lipinski definition) is 4. The first-order valence-electron chi connectivity index (χ1n) is 10.4. The average Bonchev–Trinajstić information content (AvgIpc) is 2.76. The van der Waals surface area contributed by atoms with Gasteiger partial charge >= 0.3 is 0 Å². The normalized spacial score (nSPS) is 14.1. The standard InChI is InChI=1S/C24H29N3O3/c1-3-27(4-2)24(30)20-6-5-7-21(16-20)25-23(29)17-26-14-12-19(13-15-26)18-8-10-22(28)11-9-18/h5-12,16,28H,3-4,13-15,17H2,1-2H3,(H,25,29). The summed E-state index contributed by atoms with van der Waals surface area (Å²) in [6.07, 6.45) is 2.98. The minimum atomic E-state index is -0.0936. The highest BCUT2D eigenvalue weighted by Crippen LogP contribution is 2.24. The zero-order valence-electron chi connectivity index (χ0n) is 17.6. The van der Waals surface area contributed by atoms with Crippen molar-refractivity contribution in [3.63, 3.8) is 0 Å². The van der Waals surface area contributed by atoms with Gasteiger partial charge in [0.15, 0.2) is 0 Å². The summed E-state index contributed by atoms with van der Waals surface area (Å²) < 4.78 is 0. The fourth-order valence-electron chi connectivity index (χ4n) is 3.62. The predicted molar refractivity (Wildman–Crippen MR) is 119 cm³/mol. The second-order valence-electron chi connectivity index (χ2n) is 7.37. The van der Waals surface area contributed by atoms with Crippen molar-refractivity contribution in [2.24, 2.45) is 0 Å². The Balaban J connectivity index is 1.56. The van der Waals surface area contributed by atoms with E-state index in [4.69, 9.17) is 0 Å². The Hall–Kier alpha value is -3.12. The van der Waals surface area contributed by atoms with Crippen molar-refractivity contribution < 1.29 is 14.7 Å². The summed E-state index contributed by atoms with van der Waals surface area (Å²) in [6, 6.07) is 14.3. The van der Waals surface area contributed by atoms with Gasteiger partial charge in [0.1, 0.15) is 5.75 Å². The topological polar surface area (TPSA) is 72.9 Å². The number of carbonyl (C=O) groups is 2. The summed E-state index contributed by atoms with van der Waals surface area (Å²) in [5.41, 5.74) is 3.55. The summed E-state index contributed by atoms with van der Waals surface area (Å²) in [4.78, 5) is 28.9. The Kier molecular flexibility index (Phi) is 7.25. The molecule has 0 saturated heterocycles. The molecule has 0 aliphatic carbocycles. The zero-order chi connectivity index (χ0) is 21.5. The van der Waals surface area contributed by atoms with E-state index in [1.807, 2.05) is 26.0 Å². The fraction of sp³-hybridized carbons (Fsp3) is 0.333. The molecule has 158 valence electrons. The van der Waals surface area contributed by atoms with Crippen LogP contribution in [0.3, 0.4) is 0 Å². The summed E-state index contributed by atoms with van der Waals surface area (Å²) in [5, 5.41) is 12.3. The van der Waals surface area contributed by atoms with Crippen LogP contribution in [-0.4, -0.2) is 59.4 Å². The maximum Gasteiger partial charge on any atom is 0.253 e. The molecule has 2 amide bonds. The highest BCUT2D eigenvalue weighted by molar-refractivity contribution is 5.97. The molecule has 6 nitrogen and oxygen atoms in total. The number of phenols is 1. The van der Waals surface area contributed by atoms with E-state index in [-0.39, 0.29) is 17.6 Å². The van der Waals surface area contributed by atoms with E-state index in [1.165, 1.54) is 5.57 Å². The summed E-state index contributed by atoms with van der Waals surface area (Å²) in [5.74, 6) is 0.138. The molecule has 1 aliphatic rings. The molecule has 2 N–H and O–H groups in total. The van der Waals surface area contributed by atoms with Crippen molar-refractivity contribution in [1.29, 1.82) is 0 Å². The van der Waals surface area contributed by atoms with Crippen LogP contribution in [0.5, 0.6) is 5.75 Å². The molecular weight excluding hydrogens is 378 g/mol. The summed E-state index contributed by atoms with van der Waals surface area (Å²) >= 11 is 0. The van der Waals surface area contributed by atoms with E-state index in [0.29, 0.717) is 37.4 Å². The molecule has 1 heterocycles. The van der Waals surface area contributed by atoms with Crippen LogP contribution in [0.25, 0.3) is 5.57 Å². The van der Waals surface area contributed by atoms with Gasteiger partial charge in [0.05, 0.1) is 6.54 Å². The molecule has 0 unspecified atom stereocenters. The number of carbonyl (C=O) groups excluding carboxylic acids is 2. The van der Waals surface area contributed by atoms with Crippen LogP contribution in [0, 0.1) is 0 Å². The van der Waals surface area contributed by atoms with Gasteiger partial charge in [0, 0.05) is 37.4 Å². The van der Waals surface area contributed by atoms with E-state index in [0.717, 1.165) is 18.5 Å². The molecule has 0 aromatic heterocycles. The molecule has 0 fully saturated rings. The number of nitrogens with zero attached hydrogens (tertiary/aromatic N) is 2. The number of hydrogen-bond donors (Lipinski definition) is 2. The van der Waals surface area contributed by atoms with E-state index in [1.54, 1.807) is 41.3 Å². The Morgan fingerprint density at radius 1 is 1.10 bits per heavy atom. The first-order valence-corrected chi connectivity index (χ1v) is 10.4. The zero-order valence-corrected chi connectivity index (χ0v) is 17.6. The van der Waals surface area contributed by atoms with Crippen LogP contribution in [0.1, 0.15) is 36.2 Å². The largest absolute Gasteiger partial charge is 0.508 e. The minimum Gasteiger partial charge on any atom is -0.508 e. The second-order valence-corrected chi connectivity index (χ2v) is 7.37. The van der Waals surface area contributed by atoms with Gasteiger partial charge in [-0.1, -0.05) is 24.3 Å². The molecule has 1 aliphatic heterocycles. The third-order valence-corrected chi connectivity index (χ3v) is 5.34. The molecule has 2 aromatic rings. The fourth-order valence-corrected chi connectivity index (χ4v) is 3.62. The average molecular weight is 408 g/mol. The molecular formula is C24H29N3O3. The third-order valence-electron chi connectivity index (χ3n) is 5.34. The van der Waals surface area contributed by atoms with Gasteiger partial charge in [-0.2, -0.15) is 0 Å². The molecule has 0 spiro atoms. The molecule has 0 atom stereocenters. The molecule has 0 bridgehead atoms. The highest BCUT2D eigenvalue weighted by Gasteiger charge is 2.17. The van der Waals surface area contributed by atoms with Gasteiger partial charge in [-0.05, 0) is 61.7 Å². The van der Waals surface area contributed by atoms with Crippen molar-refractivity contribution in [3.8, 4) is 5.75 Å². The Morgan fingerprint density at radius 3 is 2.47 bits per heavy atom. The van der Waals surface area contributed by atoms with Crippen LogP contribution in [0.4, 0.5) is 5.69 Å². The van der Waals surface area contributed by atoms with Gasteiger partial charge in [-0.25, -0.2) is 0 Å². The smallest absolute Gasteiger partial charge is 0.253 e. The quantitative estimate of drug-likeness (QED) is 0.736. The molecule has 2 aromatic carbocycles. The Labute approximate surface area is 177 Å². The maximum atomic E-state index is 12.5.